The van der Waals surface area contributed by atoms with Gasteiger partial charge in [-0.3, -0.25) is 0 Å². The van der Waals surface area contributed by atoms with Gasteiger partial charge in [-0.1, -0.05) is 13.0 Å². The SMILES string of the molecule is CCC(Nc1ccccn1)C1CNCCN1. The van der Waals surface area contributed by atoms with Gasteiger partial charge in [-0.15, -0.1) is 0 Å². The fourth-order valence-electron chi connectivity index (χ4n) is 2.09. The number of hydrogen-bond donors (Lipinski definition) is 3. The molecule has 0 saturated carbocycles. The fraction of sp³-hybridized carbons (Fsp3) is 0.583. The average Bonchev–Trinajstić information content (AvgIpc) is 2.38. The molecule has 0 bridgehead atoms. The van der Waals surface area contributed by atoms with Crippen LogP contribution < -0.4 is 16.0 Å². The van der Waals surface area contributed by atoms with Crippen LogP contribution in [0.1, 0.15) is 13.3 Å². The van der Waals surface area contributed by atoms with Crippen molar-refractivity contribution >= 4 is 5.82 Å². The summed E-state index contributed by atoms with van der Waals surface area (Å²) in [4.78, 5) is 4.30. The van der Waals surface area contributed by atoms with Crippen LogP contribution in [0.25, 0.3) is 0 Å². The van der Waals surface area contributed by atoms with Crippen LogP contribution in [0.5, 0.6) is 0 Å². The summed E-state index contributed by atoms with van der Waals surface area (Å²) in [7, 11) is 0. The van der Waals surface area contributed by atoms with Crippen molar-refractivity contribution in [3.05, 3.63) is 24.4 Å². The van der Waals surface area contributed by atoms with E-state index < -0.39 is 0 Å². The molecule has 0 spiro atoms. The van der Waals surface area contributed by atoms with Crippen molar-refractivity contribution in [3.63, 3.8) is 0 Å². The van der Waals surface area contributed by atoms with Gasteiger partial charge in [0, 0.05) is 37.9 Å². The molecule has 1 saturated heterocycles. The van der Waals surface area contributed by atoms with Crippen LogP contribution >= 0.6 is 0 Å². The summed E-state index contributed by atoms with van der Waals surface area (Å²) in [5, 5.41) is 10.4. The molecule has 16 heavy (non-hydrogen) atoms. The van der Waals surface area contributed by atoms with Crippen molar-refractivity contribution in [1.29, 1.82) is 0 Å². The van der Waals surface area contributed by atoms with Crippen LogP contribution in [0.3, 0.4) is 0 Å². The number of rotatable bonds is 4. The van der Waals surface area contributed by atoms with Crippen molar-refractivity contribution in [3.8, 4) is 0 Å². The van der Waals surface area contributed by atoms with E-state index in [1.54, 1.807) is 0 Å². The first-order chi connectivity index (χ1) is 7.90. The molecule has 3 N–H and O–H groups in total. The topological polar surface area (TPSA) is 49.0 Å². The number of hydrogen-bond acceptors (Lipinski definition) is 4. The van der Waals surface area contributed by atoms with E-state index in [0.29, 0.717) is 12.1 Å². The summed E-state index contributed by atoms with van der Waals surface area (Å²) in [5.74, 6) is 0.960. The Hall–Kier alpha value is -1.13. The standard InChI is InChI=1S/C12H20N4/c1-2-10(11-9-13-7-8-14-11)16-12-5-3-4-6-15-12/h3-6,10-11,13-14H,2,7-9H2,1H3,(H,15,16). The van der Waals surface area contributed by atoms with Crippen LogP contribution in [0.15, 0.2) is 24.4 Å². The van der Waals surface area contributed by atoms with Gasteiger partial charge in [-0.25, -0.2) is 4.98 Å². The number of nitrogens with one attached hydrogen (secondary N) is 3. The highest BCUT2D eigenvalue weighted by atomic mass is 15.1. The molecule has 0 radical (unpaired) electrons. The molecule has 4 heteroatoms. The zero-order valence-corrected chi connectivity index (χ0v) is 9.74. The smallest absolute Gasteiger partial charge is 0.126 e. The molecule has 2 rings (SSSR count). The maximum absolute atomic E-state index is 4.30. The third kappa shape index (κ3) is 2.93. The number of piperazine rings is 1. The Labute approximate surface area is 96.8 Å². The largest absolute Gasteiger partial charge is 0.366 e. The highest BCUT2D eigenvalue weighted by Crippen LogP contribution is 2.09. The molecule has 1 aromatic heterocycles. The Morgan fingerprint density at radius 3 is 3.06 bits per heavy atom. The van der Waals surface area contributed by atoms with E-state index in [2.05, 4.69) is 27.9 Å². The van der Waals surface area contributed by atoms with E-state index in [0.717, 1.165) is 31.9 Å². The van der Waals surface area contributed by atoms with E-state index in [9.17, 15) is 0 Å². The van der Waals surface area contributed by atoms with Crippen molar-refractivity contribution in [2.24, 2.45) is 0 Å². The first-order valence-corrected chi connectivity index (χ1v) is 6.02. The molecule has 2 heterocycles. The van der Waals surface area contributed by atoms with Gasteiger partial charge in [0.15, 0.2) is 0 Å². The monoisotopic (exact) mass is 220 g/mol. The van der Waals surface area contributed by atoms with E-state index in [-0.39, 0.29) is 0 Å². The van der Waals surface area contributed by atoms with E-state index >= 15 is 0 Å². The van der Waals surface area contributed by atoms with E-state index in [1.165, 1.54) is 0 Å². The Balaban J connectivity index is 1.94. The molecule has 4 nitrogen and oxygen atoms in total. The second kappa shape index (κ2) is 5.82. The lowest BCUT2D eigenvalue weighted by Crippen LogP contribution is -2.55. The van der Waals surface area contributed by atoms with Crippen molar-refractivity contribution in [2.45, 2.75) is 25.4 Å². The zero-order chi connectivity index (χ0) is 11.2. The maximum atomic E-state index is 4.30. The number of nitrogens with zero attached hydrogens (tertiary/aromatic N) is 1. The fourth-order valence-corrected chi connectivity index (χ4v) is 2.09. The van der Waals surface area contributed by atoms with Gasteiger partial charge >= 0.3 is 0 Å². The molecule has 88 valence electrons. The van der Waals surface area contributed by atoms with Crippen molar-refractivity contribution in [2.75, 3.05) is 25.0 Å². The molecule has 1 aliphatic rings. The second-order valence-electron chi connectivity index (χ2n) is 4.14. The van der Waals surface area contributed by atoms with Gasteiger partial charge in [0.05, 0.1) is 0 Å². The number of anilines is 1. The number of aromatic nitrogens is 1. The summed E-state index contributed by atoms with van der Waals surface area (Å²) in [6, 6.07) is 6.88. The van der Waals surface area contributed by atoms with Gasteiger partial charge in [-0.2, -0.15) is 0 Å². The van der Waals surface area contributed by atoms with Crippen LogP contribution in [0.2, 0.25) is 0 Å². The van der Waals surface area contributed by atoms with E-state index in [4.69, 9.17) is 0 Å². The second-order valence-corrected chi connectivity index (χ2v) is 4.14. The maximum Gasteiger partial charge on any atom is 0.126 e. The molecule has 0 amide bonds. The highest BCUT2D eigenvalue weighted by Gasteiger charge is 2.21. The summed E-state index contributed by atoms with van der Waals surface area (Å²) in [5.41, 5.74) is 0. The lowest BCUT2D eigenvalue weighted by atomic mass is 10.0. The molecular formula is C12H20N4. The number of pyridine rings is 1. The van der Waals surface area contributed by atoms with Crippen molar-refractivity contribution < 1.29 is 0 Å². The first kappa shape index (κ1) is 11.4. The molecular weight excluding hydrogens is 200 g/mol. The summed E-state index contributed by atoms with van der Waals surface area (Å²) in [6.45, 7) is 5.34. The van der Waals surface area contributed by atoms with Gasteiger partial charge in [0.2, 0.25) is 0 Å². The van der Waals surface area contributed by atoms with Gasteiger partial charge in [-0.05, 0) is 18.6 Å². The molecule has 1 aromatic rings. The minimum atomic E-state index is 0.433. The van der Waals surface area contributed by atoms with Gasteiger partial charge in [0.25, 0.3) is 0 Å². The lowest BCUT2D eigenvalue weighted by Gasteiger charge is -2.32. The summed E-state index contributed by atoms with van der Waals surface area (Å²) < 4.78 is 0. The van der Waals surface area contributed by atoms with Crippen LogP contribution in [-0.2, 0) is 0 Å². The first-order valence-electron chi connectivity index (χ1n) is 6.02. The van der Waals surface area contributed by atoms with Gasteiger partial charge < -0.3 is 16.0 Å². The molecule has 1 aliphatic heterocycles. The Bertz CT molecular complexity index is 295. The van der Waals surface area contributed by atoms with Crippen molar-refractivity contribution in [1.82, 2.24) is 15.6 Å². The summed E-state index contributed by atoms with van der Waals surface area (Å²) >= 11 is 0. The van der Waals surface area contributed by atoms with Gasteiger partial charge in [0.1, 0.15) is 5.82 Å². The molecule has 1 fully saturated rings. The normalized spacial score (nSPS) is 22.7. The Morgan fingerprint density at radius 2 is 2.44 bits per heavy atom. The molecule has 2 atom stereocenters. The third-order valence-electron chi connectivity index (χ3n) is 3.00. The quantitative estimate of drug-likeness (QED) is 0.703. The Kier molecular flexibility index (Phi) is 4.13. The predicted molar refractivity (Wildman–Crippen MR) is 66.6 cm³/mol. The average molecular weight is 220 g/mol. The summed E-state index contributed by atoms with van der Waals surface area (Å²) in [6.07, 6.45) is 2.91. The predicted octanol–water partition coefficient (Wildman–Crippen LogP) is 0.833. The minimum absolute atomic E-state index is 0.433. The minimum Gasteiger partial charge on any atom is -0.366 e. The molecule has 0 aromatic carbocycles. The van der Waals surface area contributed by atoms with Crippen LogP contribution in [0, 0.1) is 0 Å². The van der Waals surface area contributed by atoms with E-state index in [1.807, 2.05) is 24.4 Å². The molecule has 0 aliphatic carbocycles. The third-order valence-corrected chi connectivity index (χ3v) is 3.00. The Morgan fingerprint density at radius 1 is 1.50 bits per heavy atom. The highest BCUT2D eigenvalue weighted by molar-refractivity contribution is 5.35. The molecule has 2 unspecified atom stereocenters. The van der Waals surface area contributed by atoms with Crippen LogP contribution in [-0.4, -0.2) is 36.7 Å². The van der Waals surface area contributed by atoms with Crippen LogP contribution in [0.4, 0.5) is 5.82 Å². The zero-order valence-electron chi connectivity index (χ0n) is 9.74. The lowest BCUT2D eigenvalue weighted by molar-refractivity contribution is 0.373.